The lowest BCUT2D eigenvalue weighted by atomic mass is 9.96. The van der Waals surface area contributed by atoms with E-state index >= 15 is 0 Å². The second-order valence-electron chi connectivity index (χ2n) is 8.63. The highest BCUT2D eigenvalue weighted by Gasteiger charge is 2.51. The molecule has 0 bridgehead atoms. The fourth-order valence-corrected chi connectivity index (χ4v) is 6.17. The Hall–Kier alpha value is -3.45. The monoisotopic (exact) mass is 508 g/mol. The number of urea groups is 1. The molecule has 1 saturated carbocycles. The van der Waals surface area contributed by atoms with E-state index in [-0.39, 0.29) is 24.6 Å². The zero-order chi connectivity index (χ0) is 25.0. The first-order valence-corrected chi connectivity index (χ1v) is 12.2. The number of hydrogen-bond donors (Lipinski definition) is 3. The van der Waals surface area contributed by atoms with Gasteiger partial charge in [0.1, 0.15) is 21.7 Å². The van der Waals surface area contributed by atoms with Crippen LogP contribution in [0.25, 0.3) is 22.4 Å². The number of nitrogens with one attached hydrogen (secondary N) is 3. The van der Waals surface area contributed by atoms with E-state index in [1.807, 2.05) is 0 Å². The summed E-state index contributed by atoms with van der Waals surface area (Å²) in [4.78, 5) is 26.5. The summed E-state index contributed by atoms with van der Waals surface area (Å²) in [6.07, 6.45) is -3.25. The van der Waals surface area contributed by atoms with E-state index in [0.717, 1.165) is 6.20 Å². The van der Waals surface area contributed by atoms with E-state index in [0.29, 0.717) is 29.9 Å². The molecule has 1 aliphatic carbocycles. The van der Waals surface area contributed by atoms with Gasteiger partial charge >= 0.3 is 12.2 Å². The van der Waals surface area contributed by atoms with Crippen LogP contribution < -0.4 is 15.4 Å². The molecule has 3 N–H and O–H groups in total. The van der Waals surface area contributed by atoms with E-state index in [1.54, 1.807) is 24.3 Å². The van der Waals surface area contributed by atoms with E-state index < -0.39 is 49.8 Å². The number of imide groups is 1. The Kier molecular flexibility index (Phi) is 5.36. The summed E-state index contributed by atoms with van der Waals surface area (Å²) in [5.41, 5.74) is -2.60. The smallest absolute Gasteiger partial charge is 0.417 e. The van der Waals surface area contributed by atoms with Crippen molar-refractivity contribution in [2.75, 3.05) is 6.54 Å². The fraction of sp³-hybridized carbons (Fsp3) is 0.318. The van der Waals surface area contributed by atoms with Crippen LogP contribution >= 0.6 is 0 Å². The fourth-order valence-electron chi connectivity index (χ4n) is 4.69. The molecule has 3 aromatic rings. The minimum Gasteiger partial charge on any atom is -0.454 e. The van der Waals surface area contributed by atoms with Crippen LogP contribution in [0.1, 0.15) is 24.8 Å². The number of furan rings is 1. The number of halogens is 3. The molecule has 3 amide bonds. The number of alkyl halides is 3. The molecule has 1 spiro atoms. The predicted octanol–water partition coefficient (Wildman–Crippen LogP) is 3.17. The van der Waals surface area contributed by atoms with Crippen LogP contribution in [0, 0.1) is 5.92 Å². The third-order valence-corrected chi connectivity index (χ3v) is 7.83. The molecule has 2 aromatic heterocycles. The van der Waals surface area contributed by atoms with Gasteiger partial charge in [-0.1, -0.05) is 18.2 Å². The molecule has 1 saturated heterocycles. The lowest BCUT2D eigenvalue weighted by Crippen LogP contribution is -2.44. The van der Waals surface area contributed by atoms with Crippen molar-refractivity contribution in [2.45, 2.75) is 35.9 Å². The van der Waals surface area contributed by atoms with Gasteiger partial charge in [-0.05, 0) is 43.4 Å². The molecule has 2 fully saturated rings. The second kappa shape index (κ2) is 8.05. The minimum atomic E-state index is -4.97. The summed E-state index contributed by atoms with van der Waals surface area (Å²) in [7, 11) is -4.72. The number of pyridine rings is 1. The third-order valence-electron chi connectivity index (χ3n) is 6.33. The van der Waals surface area contributed by atoms with Crippen LogP contribution in [-0.4, -0.2) is 37.4 Å². The average molecular weight is 508 g/mol. The van der Waals surface area contributed by atoms with E-state index in [4.69, 9.17) is 4.42 Å². The molecule has 2 aliphatic rings. The molecule has 35 heavy (non-hydrogen) atoms. The topological polar surface area (TPSA) is 130 Å². The Morgan fingerprint density at radius 1 is 1.20 bits per heavy atom. The summed E-state index contributed by atoms with van der Waals surface area (Å²) in [5.74, 6) is -0.996. The average Bonchev–Trinajstić information content (AvgIpc) is 3.48. The van der Waals surface area contributed by atoms with Gasteiger partial charge in [0.15, 0.2) is 5.76 Å². The Labute approximate surface area is 197 Å². The zero-order valence-electron chi connectivity index (χ0n) is 18.0. The Morgan fingerprint density at radius 3 is 2.66 bits per heavy atom. The number of hydrogen-bond acceptors (Lipinski definition) is 6. The highest BCUT2D eigenvalue weighted by atomic mass is 32.2. The van der Waals surface area contributed by atoms with Gasteiger partial charge in [-0.25, -0.2) is 17.9 Å². The van der Waals surface area contributed by atoms with Gasteiger partial charge in [-0.3, -0.25) is 15.1 Å². The highest BCUT2D eigenvalue weighted by molar-refractivity contribution is 7.89. The number of para-hydroxylation sites is 1. The molecule has 3 heterocycles. The Morgan fingerprint density at radius 2 is 1.97 bits per heavy atom. The van der Waals surface area contributed by atoms with Crippen molar-refractivity contribution >= 4 is 32.9 Å². The van der Waals surface area contributed by atoms with Gasteiger partial charge in [0, 0.05) is 18.1 Å². The largest absolute Gasteiger partial charge is 0.454 e. The normalized spacial score (nSPS) is 22.7. The number of rotatable bonds is 5. The first kappa shape index (κ1) is 23.3. The van der Waals surface area contributed by atoms with Crippen LogP contribution in [0.3, 0.4) is 0 Å². The molecular formula is C22H19F3N4O5S. The van der Waals surface area contributed by atoms with Crippen molar-refractivity contribution < 1.29 is 35.6 Å². The van der Waals surface area contributed by atoms with Gasteiger partial charge in [-0.15, -0.1) is 0 Å². The SMILES string of the molecule is O=C1NC(=O)C2(CCC(CNS(=O)(=O)c3c(C(F)(F)F)ccnc3-c3cc4ccccc4o3)C2)N1. The summed E-state index contributed by atoms with van der Waals surface area (Å²) in [6.45, 7) is -0.223. The van der Waals surface area contributed by atoms with Crippen LogP contribution in [0.15, 0.2) is 51.9 Å². The van der Waals surface area contributed by atoms with Crippen LogP contribution in [0.4, 0.5) is 18.0 Å². The molecule has 9 nitrogen and oxygen atoms in total. The molecule has 13 heteroatoms. The lowest BCUT2D eigenvalue weighted by Gasteiger charge is -2.20. The van der Waals surface area contributed by atoms with E-state index in [1.165, 1.54) is 6.07 Å². The van der Waals surface area contributed by atoms with Crippen molar-refractivity contribution in [2.24, 2.45) is 5.92 Å². The molecule has 5 rings (SSSR count). The van der Waals surface area contributed by atoms with Gasteiger partial charge in [0.25, 0.3) is 5.91 Å². The molecular weight excluding hydrogens is 489 g/mol. The number of amides is 3. The third kappa shape index (κ3) is 4.14. The standard InChI is InChI=1S/C22H19F3N4O5S/c23-22(24,25)14-6-8-26-17(16-9-13-3-1-2-4-15(13)34-16)18(14)35(32,33)27-11-12-5-7-21(10-12)19(30)28-20(31)29-21/h1-4,6,8-9,12,27H,5,7,10-11H2,(H2,28,29,30,31). The zero-order valence-corrected chi connectivity index (χ0v) is 18.8. The number of aromatic nitrogens is 1. The van der Waals surface area contributed by atoms with Gasteiger partial charge in [-0.2, -0.15) is 13.2 Å². The van der Waals surface area contributed by atoms with Gasteiger partial charge in [0.05, 0.1) is 5.56 Å². The summed E-state index contributed by atoms with van der Waals surface area (Å²) < 4.78 is 76.0. The molecule has 1 aromatic carbocycles. The van der Waals surface area contributed by atoms with E-state index in [2.05, 4.69) is 20.3 Å². The molecule has 2 atom stereocenters. The van der Waals surface area contributed by atoms with Crippen LogP contribution in [0.2, 0.25) is 0 Å². The number of carbonyl (C=O) groups excluding carboxylic acids is 2. The van der Waals surface area contributed by atoms with Crippen LogP contribution in [-0.2, 0) is 21.0 Å². The molecule has 184 valence electrons. The van der Waals surface area contributed by atoms with Crippen LogP contribution in [0.5, 0.6) is 0 Å². The van der Waals surface area contributed by atoms with Crippen molar-refractivity contribution in [3.05, 3.63) is 48.2 Å². The van der Waals surface area contributed by atoms with E-state index in [9.17, 15) is 31.2 Å². The molecule has 1 aliphatic heterocycles. The quantitative estimate of drug-likeness (QED) is 0.454. The maximum atomic E-state index is 13.9. The van der Waals surface area contributed by atoms with Crippen molar-refractivity contribution in [3.8, 4) is 11.5 Å². The second-order valence-corrected chi connectivity index (χ2v) is 10.3. The molecule has 2 unspecified atom stereocenters. The number of nitrogens with zero attached hydrogens (tertiary/aromatic N) is 1. The Balaban J connectivity index is 1.48. The lowest BCUT2D eigenvalue weighted by molar-refractivity contribution is -0.139. The number of benzene rings is 1. The number of sulfonamides is 1. The summed E-state index contributed by atoms with van der Waals surface area (Å²) >= 11 is 0. The maximum absolute atomic E-state index is 13.9. The van der Waals surface area contributed by atoms with Gasteiger partial charge in [0.2, 0.25) is 10.0 Å². The highest BCUT2D eigenvalue weighted by Crippen LogP contribution is 2.40. The van der Waals surface area contributed by atoms with Crippen molar-refractivity contribution in [1.82, 2.24) is 20.3 Å². The maximum Gasteiger partial charge on any atom is 0.417 e. The van der Waals surface area contributed by atoms with Crippen molar-refractivity contribution in [3.63, 3.8) is 0 Å². The Bertz CT molecular complexity index is 1420. The summed E-state index contributed by atoms with van der Waals surface area (Å²) in [5, 5.41) is 5.29. The summed E-state index contributed by atoms with van der Waals surface area (Å²) in [6, 6.07) is 8.07. The number of fused-ring (bicyclic) bond motifs is 1. The molecule has 0 radical (unpaired) electrons. The number of carbonyl (C=O) groups is 2. The van der Waals surface area contributed by atoms with Crippen molar-refractivity contribution in [1.29, 1.82) is 0 Å². The predicted molar refractivity (Wildman–Crippen MR) is 116 cm³/mol. The first-order chi connectivity index (χ1) is 16.5. The first-order valence-electron chi connectivity index (χ1n) is 10.7. The minimum absolute atomic E-state index is 0.122. The van der Waals surface area contributed by atoms with Gasteiger partial charge < -0.3 is 9.73 Å².